The van der Waals surface area contributed by atoms with Crippen molar-refractivity contribution < 1.29 is 4.79 Å². The van der Waals surface area contributed by atoms with E-state index < -0.39 is 0 Å². The number of hydrogen-bond donors (Lipinski definition) is 3. The summed E-state index contributed by atoms with van der Waals surface area (Å²) in [5.74, 6) is -0.00647. The SMILES string of the molecule is CCCCCNC(=O)c1nc(N)n[nH]1. The van der Waals surface area contributed by atoms with Crippen molar-refractivity contribution in [1.29, 1.82) is 0 Å². The molecule has 1 amide bonds. The highest BCUT2D eigenvalue weighted by atomic mass is 16.2. The Morgan fingerprint density at radius 2 is 2.36 bits per heavy atom. The predicted molar refractivity (Wildman–Crippen MR) is 52.7 cm³/mol. The van der Waals surface area contributed by atoms with Crippen molar-refractivity contribution >= 4 is 11.9 Å². The zero-order chi connectivity index (χ0) is 10.4. The minimum absolute atomic E-state index is 0.0868. The minimum atomic E-state index is -0.259. The molecule has 14 heavy (non-hydrogen) atoms. The predicted octanol–water partition coefficient (Wildman–Crippen LogP) is 0.307. The maximum absolute atomic E-state index is 11.3. The molecule has 78 valence electrons. The van der Waals surface area contributed by atoms with Gasteiger partial charge in [-0.15, -0.1) is 5.10 Å². The number of nitrogens with one attached hydrogen (secondary N) is 2. The zero-order valence-corrected chi connectivity index (χ0v) is 8.21. The molecule has 4 N–H and O–H groups in total. The quantitative estimate of drug-likeness (QED) is 0.592. The van der Waals surface area contributed by atoms with E-state index in [4.69, 9.17) is 5.73 Å². The van der Waals surface area contributed by atoms with Gasteiger partial charge in [0.2, 0.25) is 11.8 Å². The average Bonchev–Trinajstić information content (AvgIpc) is 2.59. The number of rotatable bonds is 5. The second-order valence-electron chi connectivity index (χ2n) is 3.01. The number of carbonyl (C=O) groups excluding carboxylic acids is 1. The highest BCUT2D eigenvalue weighted by molar-refractivity contribution is 5.90. The molecule has 0 aromatic carbocycles. The van der Waals surface area contributed by atoms with Gasteiger partial charge in [0.1, 0.15) is 0 Å². The third kappa shape index (κ3) is 3.04. The molecule has 1 heterocycles. The second kappa shape index (κ2) is 5.21. The fourth-order valence-corrected chi connectivity index (χ4v) is 1.04. The van der Waals surface area contributed by atoms with Gasteiger partial charge in [-0.2, -0.15) is 4.98 Å². The monoisotopic (exact) mass is 197 g/mol. The Balaban J connectivity index is 2.29. The fourth-order valence-electron chi connectivity index (χ4n) is 1.04. The summed E-state index contributed by atoms with van der Waals surface area (Å²) in [5, 5.41) is 8.73. The van der Waals surface area contributed by atoms with Crippen LogP contribution in [-0.2, 0) is 0 Å². The van der Waals surface area contributed by atoms with E-state index in [1.165, 1.54) is 0 Å². The first kappa shape index (κ1) is 10.5. The third-order valence-corrected chi connectivity index (χ3v) is 1.78. The highest BCUT2D eigenvalue weighted by Gasteiger charge is 2.08. The summed E-state index contributed by atoms with van der Waals surface area (Å²) in [6, 6.07) is 0. The smallest absolute Gasteiger partial charge is 0.288 e. The van der Waals surface area contributed by atoms with Crippen LogP contribution in [0.5, 0.6) is 0 Å². The van der Waals surface area contributed by atoms with Gasteiger partial charge in [-0.25, -0.2) is 0 Å². The van der Waals surface area contributed by atoms with Gasteiger partial charge in [0, 0.05) is 6.54 Å². The standard InChI is InChI=1S/C8H15N5O/c1-2-3-4-5-10-7(14)6-11-8(9)13-12-6/h2-5H2,1H3,(H,10,14)(H3,9,11,12,13). The van der Waals surface area contributed by atoms with Gasteiger partial charge in [0.05, 0.1) is 0 Å². The molecule has 0 atom stereocenters. The van der Waals surface area contributed by atoms with Crippen molar-refractivity contribution in [1.82, 2.24) is 20.5 Å². The molecule has 1 aromatic heterocycles. The number of anilines is 1. The Labute approximate surface area is 82.3 Å². The van der Waals surface area contributed by atoms with Crippen LogP contribution in [0.25, 0.3) is 0 Å². The number of nitrogen functional groups attached to an aromatic ring is 1. The van der Waals surface area contributed by atoms with Crippen LogP contribution in [0.15, 0.2) is 0 Å². The molecular formula is C8H15N5O. The number of aromatic amines is 1. The van der Waals surface area contributed by atoms with Crippen LogP contribution in [-0.4, -0.2) is 27.6 Å². The molecule has 0 spiro atoms. The summed E-state index contributed by atoms with van der Waals surface area (Å²) in [6.45, 7) is 2.77. The van der Waals surface area contributed by atoms with Crippen LogP contribution in [0.1, 0.15) is 36.8 Å². The number of nitrogens with two attached hydrogens (primary N) is 1. The fraction of sp³-hybridized carbons (Fsp3) is 0.625. The molecule has 0 saturated heterocycles. The van der Waals surface area contributed by atoms with Crippen LogP contribution < -0.4 is 11.1 Å². The molecule has 6 heteroatoms. The first-order valence-corrected chi connectivity index (χ1v) is 4.70. The summed E-state index contributed by atoms with van der Waals surface area (Å²) in [5.41, 5.74) is 5.26. The van der Waals surface area contributed by atoms with Crippen molar-refractivity contribution in [2.24, 2.45) is 0 Å². The Morgan fingerprint density at radius 3 is 2.93 bits per heavy atom. The van der Waals surface area contributed by atoms with Crippen molar-refractivity contribution in [2.75, 3.05) is 12.3 Å². The van der Waals surface area contributed by atoms with Crippen molar-refractivity contribution in [2.45, 2.75) is 26.2 Å². The van der Waals surface area contributed by atoms with Crippen LogP contribution in [0.4, 0.5) is 5.95 Å². The van der Waals surface area contributed by atoms with E-state index in [0.29, 0.717) is 6.54 Å². The number of H-pyrrole nitrogens is 1. The van der Waals surface area contributed by atoms with E-state index >= 15 is 0 Å². The van der Waals surface area contributed by atoms with Gasteiger partial charge in [-0.05, 0) is 6.42 Å². The maximum Gasteiger partial charge on any atom is 0.288 e. The minimum Gasteiger partial charge on any atom is -0.366 e. The summed E-state index contributed by atoms with van der Waals surface area (Å²) >= 11 is 0. The molecule has 0 bridgehead atoms. The van der Waals surface area contributed by atoms with Gasteiger partial charge >= 0.3 is 0 Å². The average molecular weight is 197 g/mol. The van der Waals surface area contributed by atoms with Crippen molar-refractivity contribution in [3.8, 4) is 0 Å². The van der Waals surface area contributed by atoms with E-state index in [0.717, 1.165) is 19.3 Å². The zero-order valence-electron chi connectivity index (χ0n) is 8.21. The molecule has 0 aliphatic rings. The summed E-state index contributed by atoms with van der Waals surface area (Å²) in [7, 11) is 0. The van der Waals surface area contributed by atoms with E-state index in [2.05, 4.69) is 27.4 Å². The molecule has 0 radical (unpaired) electrons. The van der Waals surface area contributed by atoms with Gasteiger partial charge in [-0.3, -0.25) is 9.89 Å². The van der Waals surface area contributed by atoms with Crippen molar-refractivity contribution in [3.63, 3.8) is 0 Å². The summed E-state index contributed by atoms with van der Waals surface area (Å²) in [4.78, 5) is 15.0. The van der Waals surface area contributed by atoms with E-state index in [-0.39, 0.29) is 17.7 Å². The van der Waals surface area contributed by atoms with E-state index in [1.54, 1.807) is 0 Å². The second-order valence-corrected chi connectivity index (χ2v) is 3.01. The lowest BCUT2D eigenvalue weighted by Gasteiger charge is -2.00. The Morgan fingerprint density at radius 1 is 1.57 bits per heavy atom. The largest absolute Gasteiger partial charge is 0.366 e. The normalized spacial score (nSPS) is 10.1. The number of amides is 1. The van der Waals surface area contributed by atoms with Crippen LogP contribution in [0, 0.1) is 0 Å². The van der Waals surface area contributed by atoms with Gasteiger partial charge < -0.3 is 11.1 Å². The molecule has 0 saturated carbocycles. The lowest BCUT2D eigenvalue weighted by Crippen LogP contribution is -2.25. The van der Waals surface area contributed by atoms with Gasteiger partial charge in [-0.1, -0.05) is 19.8 Å². The van der Waals surface area contributed by atoms with E-state index in [9.17, 15) is 4.79 Å². The number of unbranched alkanes of at least 4 members (excludes halogenated alkanes) is 2. The number of nitrogens with zero attached hydrogens (tertiary/aromatic N) is 2. The van der Waals surface area contributed by atoms with Crippen LogP contribution >= 0.6 is 0 Å². The number of aromatic nitrogens is 3. The summed E-state index contributed by atoms with van der Waals surface area (Å²) < 4.78 is 0. The van der Waals surface area contributed by atoms with Gasteiger partial charge in [0.25, 0.3) is 5.91 Å². The molecule has 1 aromatic rings. The maximum atomic E-state index is 11.3. The number of hydrogen-bond acceptors (Lipinski definition) is 4. The lowest BCUT2D eigenvalue weighted by molar-refractivity contribution is 0.0943. The molecule has 1 rings (SSSR count). The third-order valence-electron chi connectivity index (χ3n) is 1.78. The van der Waals surface area contributed by atoms with Crippen LogP contribution in [0.3, 0.4) is 0 Å². The first-order chi connectivity index (χ1) is 6.74. The molecule has 0 unspecified atom stereocenters. The Bertz CT molecular complexity index is 296. The highest BCUT2D eigenvalue weighted by Crippen LogP contribution is 1.94. The van der Waals surface area contributed by atoms with Gasteiger partial charge in [0.15, 0.2) is 0 Å². The lowest BCUT2D eigenvalue weighted by atomic mass is 10.2. The Hall–Kier alpha value is -1.59. The summed E-state index contributed by atoms with van der Waals surface area (Å²) in [6.07, 6.45) is 3.22. The van der Waals surface area contributed by atoms with Crippen molar-refractivity contribution in [3.05, 3.63) is 5.82 Å². The molecule has 0 fully saturated rings. The Kier molecular flexibility index (Phi) is 3.90. The molecule has 0 aliphatic heterocycles. The molecular weight excluding hydrogens is 182 g/mol. The molecule has 6 nitrogen and oxygen atoms in total. The van der Waals surface area contributed by atoms with Crippen LogP contribution in [0.2, 0.25) is 0 Å². The van der Waals surface area contributed by atoms with E-state index in [1.807, 2.05) is 0 Å². The topological polar surface area (TPSA) is 96.7 Å². The number of carbonyl (C=O) groups is 1. The molecule has 0 aliphatic carbocycles. The first-order valence-electron chi connectivity index (χ1n) is 4.70.